The van der Waals surface area contributed by atoms with E-state index >= 15 is 0 Å². The number of fused-ring (bicyclic) bond motifs is 3. The van der Waals surface area contributed by atoms with Crippen molar-refractivity contribution in [3.63, 3.8) is 0 Å². The van der Waals surface area contributed by atoms with E-state index in [4.69, 9.17) is 9.84 Å². The highest BCUT2D eigenvalue weighted by molar-refractivity contribution is 5.86. The van der Waals surface area contributed by atoms with E-state index in [9.17, 15) is 19.5 Å². The van der Waals surface area contributed by atoms with Gasteiger partial charge in [0.1, 0.15) is 12.6 Å². The lowest BCUT2D eigenvalue weighted by molar-refractivity contribution is -0.137. The van der Waals surface area contributed by atoms with Gasteiger partial charge in [-0.2, -0.15) is 0 Å². The highest BCUT2D eigenvalue weighted by atomic mass is 16.5. The fourth-order valence-electron chi connectivity index (χ4n) is 5.00. The van der Waals surface area contributed by atoms with Crippen LogP contribution < -0.4 is 10.6 Å². The Hall–Kier alpha value is -3.39. The first kappa shape index (κ1) is 24.7. The number of benzene rings is 2. The zero-order valence-corrected chi connectivity index (χ0v) is 19.8. The number of ether oxygens (including phenoxy) is 1. The summed E-state index contributed by atoms with van der Waals surface area (Å²) in [7, 11) is 0. The number of carboxylic acid groups (broad SMARTS) is 1. The average Bonchev–Trinajstić information content (AvgIpc) is 3.15. The van der Waals surface area contributed by atoms with Gasteiger partial charge in [-0.05, 0) is 61.3 Å². The number of alkyl carbamates (subject to hydrolysis) is 1. The van der Waals surface area contributed by atoms with Crippen molar-refractivity contribution in [2.45, 2.75) is 69.1 Å². The Kier molecular flexibility index (Phi) is 7.40. The van der Waals surface area contributed by atoms with Crippen LogP contribution in [0.2, 0.25) is 0 Å². The summed E-state index contributed by atoms with van der Waals surface area (Å²) >= 11 is 0. The molecule has 0 aromatic heterocycles. The molecule has 8 nitrogen and oxygen atoms in total. The molecular weight excluding hydrogens is 448 g/mol. The quantitative estimate of drug-likeness (QED) is 0.458. The van der Waals surface area contributed by atoms with Gasteiger partial charge in [0.15, 0.2) is 0 Å². The zero-order chi connectivity index (χ0) is 25.0. The number of hydrogen-bond acceptors (Lipinski definition) is 5. The molecule has 2 aromatic rings. The lowest BCUT2D eigenvalue weighted by atomic mass is 9.83. The number of hydrogen-bond donors (Lipinski definition) is 4. The van der Waals surface area contributed by atoms with E-state index in [1.807, 2.05) is 48.5 Å². The number of carbonyl (C=O) groups is 3. The van der Waals surface area contributed by atoms with Crippen molar-refractivity contribution in [1.82, 2.24) is 10.6 Å². The van der Waals surface area contributed by atoms with Crippen LogP contribution >= 0.6 is 0 Å². The molecule has 0 heterocycles. The van der Waals surface area contributed by atoms with Crippen LogP contribution in [0, 0.1) is 0 Å². The molecule has 0 spiro atoms. The minimum atomic E-state index is -1.05. The molecule has 2 amide bonds. The Morgan fingerprint density at radius 3 is 2.17 bits per heavy atom. The second-order valence-electron chi connectivity index (χ2n) is 9.73. The lowest BCUT2D eigenvalue weighted by Gasteiger charge is -2.34. The summed E-state index contributed by atoms with van der Waals surface area (Å²) in [6.45, 7) is 1.88. The van der Waals surface area contributed by atoms with Gasteiger partial charge in [0.2, 0.25) is 5.91 Å². The Morgan fingerprint density at radius 1 is 1.03 bits per heavy atom. The third kappa shape index (κ3) is 6.00. The van der Waals surface area contributed by atoms with Gasteiger partial charge in [-0.25, -0.2) is 4.79 Å². The first-order valence-corrected chi connectivity index (χ1v) is 12.1. The standard InChI is InChI=1S/C27H32N2O6/c1-27(34)14-12-17(13-15-27)28-25(32)23(10-11-24(30)31)29-26(33)35-16-22-20-8-4-2-6-18(20)19-7-3-5-9-21(19)22/h2-9,17,22-23,34H,10-16H2,1H3,(H,28,32)(H,29,33)(H,30,31). The van der Waals surface area contributed by atoms with Gasteiger partial charge in [-0.3, -0.25) is 9.59 Å². The van der Waals surface area contributed by atoms with Crippen molar-refractivity contribution in [3.05, 3.63) is 59.7 Å². The van der Waals surface area contributed by atoms with Gasteiger partial charge in [0.05, 0.1) is 5.60 Å². The Morgan fingerprint density at radius 2 is 1.60 bits per heavy atom. The summed E-state index contributed by atoms with van der Waals surface area (Å²) in [4.78, 5) is 36.6. The molecule has 0 radical (unpaired) electrons. The summed E-state index contributed by atoms with van der Waals surface area (Å²) < 4.78 is 5.53. The summed E-state index contributed by atoms with van der Waals surface area (Å²) in [6.07, 6.45) is 1.31. The molecule has 1 saturated carbocycles. The fourth-order valence-corrected chi connectivity index (χ4v) is 5.00. The molecule has 1 fully saturated rings. The molecule has 2 aliphatic carbocycles. The van der Waals surface area contributed by atoms with Gasteiger partial charge in [-0.1, -0.05) is 48.5 Å². The number of carboxylic acids is 1. The number of nitrogens with one attached hydrogen (secondary N) is 2. The molecule has 1 atom stereocenters. The van der Waals surface area contributed by atoms with E-state index in [0.717, 1.165) is 22.3 Å². The summed E-state index contributed by atoms with van der Waals surface area (Å²) in [5.74, 6) is -1.60. The number of carbonyl (C=O) groups excluding carboxylic acids is 2. The first-order valence-electron chi connectivity index (χ1n) is 12.1. The van der Waals surface area contributed by atoms with E-state index in [1.165, 1.54) is 0 Å². The molecule has 2 aromatic carbocycles. The van der Waals surface area contributed by atoms with E-state index in [1.54, 1.807) is 6.92 Å². The van der Waals surface area contributed by atoms with E-state index < -0.39 is 29.6 Å². The smallest absolute Gasteiger partial charge is 0.407 e. The molecule has 0 aliphatic heterocycles. The summed E-state index contributed by atoms with van der Waals surface area (Å²) in [5, 5.41) is 24.7. The molecule has 35 heavy (non-hydrogen) atoms. The third-order valence-corrected chi connectivity index (χ3v) is 7.01. The van der Waals surface area contributed by atoms with Gasteiger partial charge >= 0.3 is 12.1 Å². The number of aliphatic hydroxyl groups is 1. The normalized spacial score (nSPS) is 21.9. The van der Waals surface area contributed by atoms with E-state index in [0.29, 0.717) is 25.7 Å². The topological polar surface area (TPSA) is 125 Å². The maximum Gasteiger partial charge on any atom is 0.407 e. The average molecular weight is 481 g/mol. The Bertz CT molecular complexity index is 1040. The zero-order valence-electron chi connectivity index (χ0n) is 19.8. The molecule has 4 rings (SSSR count). The Balaban J connectivity index is 1.37. The summed E-state index contributed by atoms with van der Waals surface area (Å²) in [6, 6.07) is 14.8. The highest BCUT2D eigenvalue weighted by Gasteiger charge is 2.32. The fraction of sp³-hybridized carbons (Fsp3) is 0.444. The molecule has 1 unspecified atom stereocenters. The van der Waals surface area contributed by atoms with Gasteiger partial charge < -0.3 is 25.6 Å². The minimum absolute atomic E-state index is 0.0458. The monoisotopic (exact) mass is 480 g/mol. The van der Waals surface area contributed by atoms with Crippen LogP contribution in [0.5, 0.6) is 0 Å². The number of aliphatic carboxylic acids is 1. The predicted molar refractivity (Wildman–Crippen MR) is 130 cm³/mol. The maximum absolute atomic E-state index is 12.9. The second kappa shape index (κ2) is 10.5. The van der Waals surface area contributed by atoms with Crippen LogP contribution in [0.15, 0.2) is 48.5 Å². The predicted octanol–water partition coefficient (Wildman–Crippen LogP) is 3.57. The first-order chi connectivity index (χ1) is 16.7. The Labute approximate surface area is 204 Å². The summed E-state index contributed by atoms with van der Waals surface area (Å²) in [5.41, 5.74) is 3.65. The molecule has 0 bridgehead atoms. The van der Waals surface area contributed by atoms with Crippen LogP contribution in [0.1, 0.15) is 62.5 Å². The van der Waals surface area contributed by atoms with Gasteiger partial charge in [-0.15, -0.1) is 0 Å². The van der Waals surface area contributed by atoms with Crippen molar-refractivity contribution in [1.29, 1.82) is 0 Å². The molecule has 4 N–H and O–H groups in total. The maximum atomic E-state index is 12.9. The second-order valence-corrected chi connectivity index (χ2v) is 9.73. The third-order valence-electron chi connectivity index (χ3n) is 7.01. The van der Waals surface area contributed by atoms with Crippen LogP contribution in [0.4, 0.5) is 4.79 Å². The molecular formula is C27H32N2O6. The van der Waals surface area contributed by atoms with Crippen molar-refractivity contribution in [2.24, 2.45) is 0 Å². The van der Waals surface area contributed by atoms with E-state index in [-0.39, 0.29) is 31.4 Å². The van der Waals surface area contributed by atoms with Crippen LogP contribution in [0.3, 0.4) is 0 Å². The minimum Gasteiger partial charge on any atom is -0.481 e. The molecule has 0 saturated heterocycles. The SMILES string of the molecule is CC1(O)CCC(NC(=O)C(CCC(=O)O)NC(=O)OCC2c3ccccc3-c3ccccc32)CC1. The number of rotatable bonds is 8. The number of amides is 2. The largest absolute Gasteiger partial charge is 0.481 e. The van der Waals surface area contributed by atoms with Crippen LogP contribution in [-0.4, -0.2) is 52.5 Å². The van der Waals surface area contributed by atoms with Gasteiger partial charge in [0.25, 0.3) is 0 Å². The van der Waals surface area contributed by atoms with Crippen LogP contribution in [0.25, 0.3) is 11.1 Å². The van der Waals surface area contributed by atoms with Crippen molar-refractivity contribution >= 4 is 18.0 Å². The highest BCUT2D eigenvalue weighted by Crippen LogP contribution is 2.44. The van der Waals surface area contributed by atoms with Crippen molar-refractivity contribution in [3.8, 4) is 11.1 Å². The van der Waals surface area contributed by atoms with Crippen molar-refractivity contribution in [2.75, 3.05) is 6.61 Å². The van der Waals surface area contributed by atoms with Gasteiger partial charge in [0, 0.05) is 18.4 Å². The van der Waals surface area contributed by atoms with E-state index in [2.05, 4.69) is 10.6 Å². The molecule has 2 aliphatic rings. The molecule has 186 valence electrons. The van der Waals surface area contributed by atoms with Crippen LogP contribution in [-0.2, 0) is 14.3 Å². The lowest BCUT2D eigenvalue weighted by Crippen LogP contribution is -2.51. The van der Waals surface area contributed by atoms with Crippen molar-refractivity contribution < 1.29 is 29.3 Å². The molecule has 8 heteroatoms.